The van der Waals surface area contributed by atoms with Gasteiger partial charge in [0.15, 0.2) is 11.5 Å². The van der Waals surface area contributed by atoms with E-state index in [1.54, 1.807) is 21.3 Å². The number of hydrogen-bond acceptors (Lipinski definition) is 4. The fourth-order valence-electron chi connectivity index (χ4n) is 2.74. The summed E-state index contributed by atoms with van der Waals surface area (Å²) in [6, 6.07) is 13.9. The molecule has 0 aliphatic heterocycles. The number of ether oxygens (including phenoxy) is 3. The number of hydrogen-bond donors (Lipinski definition) is 0. The average molecular weight is 309 g/mol. The molecule has 23 heavy (non-hydrogen) atoms. The second-order valence-electron chi connectivity index (χ2n) is 5.18. The third-order valence-electron chi connectivity index (χ3n) is 3.89. The zero-order valence-corrected chi connectivity index (χ0v) is 13.5. The van der Waals surface area contributed by atoms with E-state index in [-0.39, 0.29) is 0 Å². The predicted molar refractivity (Wildman–Crippen MR) is 90.6 cm³/mol. The first-order chi connectivity index (χ1) is 11.3. The molecule has 0 unspecified atom stereocenters. The fourth-order valence-corrected chi connectivity index (χ4v) is 2.74. The van der Waals surface area contributed by atoms with E-state index < -0.39 is 0 Å². The van der Waals surface area contributed by atoms with Crippen molar-refractivity contribution in [3.05, 3.63) is 59.9 Å². The normalized spacial score (nSPS) is 10.6. The number of fused-ring (bicyclic) bond motifs is 1. The lowest BCUT2D eigenvalue weighted by atomic mass is 10.0. The standard InChI is InChI=1S/C19H19NO3/c1-21-17-6-4-5-14-15(17)9-10-20-16(14)11-13-7-8-18(22-2)19(12-13)23-3/h4-10,12H,11H2,1-3H3. The quantitative estimate of drug-likeness (QED) is 0.718. The monoisotopic (exact) mass is 309 g/mol. The Kier molecular flexibility index (Phi) is 4.33. The van der Waals surface area contributed by atoms with Gasteiger partial charge in [0, 0.05) is 23.4 Å². The number of pyridine rings is 1. The van der Waals surface area contributed by atoms with Crippen molar-refractivity contribution in [2.24, 2.45) is 0 Å². The predicted octanol–water partition coefficient (Wildman–Crippen LogP) is 3.85. The Morgan fingerprint density at radius 3 is 2.30 bits per heavy atom. The second kappa shape index (κ2) is 6.57. The van der Waals surface area contributed by atoms with Gasteiger partial charge in [0.25, 0.3) is 0 Å². The lowest BCUT2D eigenvalue weighted by Gasteiger charge is -2.11. The zero-order chi connectivity index (χ0) is 16.2. The Morgan fingerprint density at radius 1 is 0.783 bits per heavy atom. The van der Waals surface area contributed by atoms with Crippen LogP contribution >= 0.6 is 0 Å². The molecule has 0 aliphatic rings. The van der Waals surface area contributed by atoms with Gasteiger partial charge in [0.2, 0.25) is 0 Å². The van der Waals surface area contributed by atoms with Crippen molar-refractivity contribution in [3.8, 4) is 17.2 Å². The van der Waals surface area contributed by atoms with Crippen molar-refractivity contribution in [3.63, 3.8) is 0 Å². The van der Waals surface area contributed by atoms with E-state index in [0.29, 0.717) is 6.42 Å². The first-order valence-corrected chi connectivity index (χ1v) is 7.38. The molecule has 0 saturated heterocycles. The molecule has 2 aromatic carbocycles. The van der Waals surface area contributed by atoms with Crippen LogP contribution in [-0.4, -0.2) is 26.3 Å². The van der Waals surface area contributed by atoms with E-state index in [2.05, 4.69) is 11.1 Å². The van der Waals surface area contributed by atoms with Crippen molar-refractivity contribution in [2.45, 2.75) is 6.42 Å². The van der Waals surface area contributed by atoms with Gasteiger partial charge in [-0.05, 0) is 29.8 Å². The molecule has 0 saturated carbocycles. The molecule has 1 heterocycles. The van der Waals surface area contributed by atoms with Crippen molar-refractivity contribution in [1.82, 2.24) is 4.98 Å². The summed E-state index contributed by atoms with van der Waals surface area (Å²) in [4.78, 5) is 4.55. The van der Waals surface area contributed by atoms with Gasteiger partial charge in [-0.2, -0.15) is 0 Å². The van der Waals surface area contributed by atoms with Crippen LogP contribution in [0.1, 0.15) is 11.3 Å². The van der Waals surface area contributed by atoms with Crippen LogP contribution in [0.25, 0.3) is 10.8 Å². The molecule has 0 N–H and O–H groups in total. The zero-order valence-electron chi connectivity index (χ0n) is 13.5. The molecule has 0 spiro atoms. The number of rotatable bonds is 5. The summed E-state index contributed by atoms with van der Waals surface area (Å²) in [5, 5.41) is 2.17. The highest BCUT2D eigenvalue weighted by Crippen LogP contribution is 2.31. The molecule has 0 fully saturated rings. The molecule has 0 amide bonds. The molecule has 4 heteroatoms. The van der Waals surface area contributed by atoms with Crippen LogP contribution in [0.2, 0.25) is 0 Å². The smallest absolute Gasteiger partial charge is 0.160 e. The minimum absolute atomic E-state index is 0.713. The Morgan fingerprint density at radius 2 is 1.57 bits per heavy atom. The van der Waals surface area contributed by atoms with E-state index >= 15 is 0 Å². The van der Waals surface area contributed by atoms with Gasteiger partial charge in [-0.3, -0.25) is 4.98 Å². The molecular formula is C19H19NO3. The van der Waals surface area contributed by atoms with Gasteiger partial charge < -0.3 is 14.2 Å². The van der Waals surface area contributed by atoms with Gasteiger partial charge in [0.1, 0.15) is 5.75 Å². The summed E-state index contributed by atoms with van der Waals surface area (Å²) in [5.41, 5.74) is 2.12. The molecular weight excluding hydrogens is 290 g/mol. The van der Waals surface area contributed by atoms with E-state index in [0.717, 1.165) is 39.3 Å². The van der Waals surface area contributed by atoms with Gasteiger partial charge in [-0.25, -0.2) is 0 Å². The van der Waals surface area contributed by atoms with Gasteiger partial charge >= 0.3 is 0 Å². The maximum Gasteiger partial charge on any atom is 0.160 e. The summed E-state index contributed by atoms with van der Waals surface area (Å²) >= 11 is 0. The average Bonchev–Trinajstić information content (AvgIpc) is 2.61. The molecule has 0 atom stereocenters. The molecule has 0 radical (unpaired) electrons. The lowest BCUT2D eigenvalue weighted by molar-refractivity contribution is 0.354. The number of methoxy groups -OCH3 is 3. The number of aromatic nitrogens is 1. The van der Waals surface area contributed by atoms with E-state index in [1.807, 2.05) is 42.6 Å². The van der Waals surface area contributed by atoms with Crippen LogP contribution in [0.3, 0.4) is 0 Å². The highest BCUT2D eigenvalue weighted by molar-refractivity contribution is 5.90. The SMILES string of the molecule is COc1ccc(Cc2nccc3c(OC)cccc23)cc1OC. The summed E-state index contributed by atoms with van der Waals surface area (Å²) in [6.45, 7) is 0. The Balaban J connectivity index is 2.02. The fraction of sp³-hybridized carbons (Fsp3) is 0.211. The third-order valence-corrected chi connectivity index (χ3v) is 3.89. The van der Waals surface area contributed by atoms with Crippen LogP contribution in [0.5, 0.6) is 17.2 Å². The van der Waals surface area contributed by atoms with Gasteiger partial charge in [-0.15, -0.1) is 0 Å². The molecule has 118 valence electrons. The number of benzene rings is 2. The van der Waals surface area contributed by atoms with E-state index in [1.165, 1.54) is 0 Å². The molecule has 4 nitrogen and oxygen atoms in total. The first kappa shape index (κ1) is 15.2. The van der Waals surface area contributed by atoms with Crippen LogP contribution < -0.4 is 14.2 Å². The largest absolute Gasteiger partial charge is 0.496 e. The minimum Gasteiger partial charge on any atom is -0.496 e. The van der Waals surface area contributed by atoms with Crippen LogP contribution in [0, 0.1) is 0 Å². The van der Waals surface area contributed by atoms with Crippen molar-refractivity contribution < 1.29 is 14.2 Å². The summed E-state index contributed by atoms with van der Waals surface area (Å²) in [5.74, 6) is 2.31. The highest BCUT2D eigenvalue weighted by atomic mass is 16.5. The lowest BCUT2D eigenvalue weighted by Crippen LogP contribution is -1.97. The summed E-state index contributed by atoms with van der Waals surface area (Å²) in [6.07, 6.45) is 2.53. The summed E-state index contributed by atoms with van der Waals surface area (Å²) < 4.78 is 16.1. The highest BCUT2D eigenvalue weighted by Gasteiger charge is 2.09. The Bertz CT molecular complexity index is 830. The third kappa shape index (κ3) is 2.93. The topological polar surface area (TPSA) is 40.6 Å². The molecule has 0 bridgehead atoms. The Hall–Kier alpha value is -2.75. The second-order valence-corrected chi connectivity index (χ2v) is 5.18. The van der Waals surface area contributed by atoms with E-state index in [4.69, 9.17) is 14.2 Å². The maximum atomic E-state index is 5.44. The van der Waals surface area contributed by atoms with Gasteiger partial charge in [-0.1, -0.05) is 18.2 Å². The minimum atomic E-state index is 0.713. The number of nitrogens with zero attached hydrogens (tertiary/aromatic N) is 1. The van der Waals surface area contributed by atoms with E-state index in [9.17, 15) is 0 Å². The van der Waals surface area contributed by atoms with Crippen molar-refractivity contribution in [1.29, 1.82) is 0 Å². The molecule has 0 aliphatic carbocycles. The maximum absolute atomic E-state index is 5.44. The van der Waals surface area contributed by atoms with Crippen LogP contribution in [0.4, 0.5) is 0 Å². The first-order valence-electron chi connectivity index (χ1n) is 7.38. The van der Waals surface area contributed by atoms with Crippen LogP contribution in [-0.2, 0) is 6.42 Å². The molecule has 3 rings (SSSR count). The Labute approximate surface area is 135 Å². The van der Waals surface area contributed by atoms with Crippen molar-refractivity contribution >= 4 is 10.8 Å². The van der Waals surface area contributed by atoms with Gasteiger partial charge in [0.05, 0.1) is 27.0 Å². The molecule has 1 aromatic heterocycles. The molecule has 3 aromatic rings. The van der Waals surface area contributed by atoms with Crippen LogP contribution in [0.15, 0.2) is 48.7 Å². The van der Waals surface area contributed by atoms with Crippen molar-refractivity contribution in [2.75, 3.05) is 21.3 Å². The summed E-state index contributed by atoms with van der Waals surface area (Å²) in [7, 11) is 4.96.